The van der Waals surface area contributed by atoms with Crippen LogP contribution in [0, 0.1) is 0 Å². The minimum absolute atomic E-state index is 0.0509. The molecule has 0 aromatic heterocycles. The lowest BCUT2D eigenvalue weighted by molar-refractivity contribution is 0.0473. The number of methoxy groups -OCH3 is 1. The van der Waals surface area contributed by atoms with E-state index in [-0.39, 0.29) is 18.5 Å². The van der Waals surface area contributed by atoms with Crippen molar-refractivity contribution in [1.29, 1.82) is 0 Å². The highest BCUT2D eigenvalue weighted by atomic mass is 16.5. The number of ether oxygens (including phenoxy) is 3. The Balaban J connectivity index is 1.53. The molecule has 0 aliphatic heterocycles. The van der Waals surface area contributed by atoms with E-state index in [9.17, 15) is 9.59 Å². The lowest BCUT2D eigenvalue weighted by Crippen LogP contribution is -2.07. The summed E-state index contributed by atoms with van der Waals surface area (Å²) >= 11 is 0. The predicted molar refractivity (Wildman–Crippen MR) is 104 cm³/mol. The zero-order valence-corrected chi connectivity index (χ0v) is 16.1. The van der Waals surface area contributed by atoms with Crippen LogP contribution in [0.4, 0.5) is 0 Å². The van der Waals surface area contributed by atoms with Crippen LogP contribution in [0.5, 0.6) is 5.75 Å². The van der Waals surface area contributed by atoms with Gasteiger partial charge in [-0.3, -0.25) is 0 Å². The van der Waals surface area contributed by atoms with Crippen molar-refractivity contribution < 1.29 is 28.9 Å². The summed E-state index contributed by atoms with van der Waals surface area (Å²) in [5.74, 6) is -0.0128. The van der Waals surface area contributed by atoms with Gasteiger partial charge in [0.05, 0.1) is 38.1 Å². The zero-order chi connectivity index (χ0) is 20.2. The molecule has 0 bridgehead atoms. The number of carbonyl (C=O) groups is 2. The molecule has 6 heteroatoms. The fraction of sp³-hybridized carbons (Fsp3) is 0.364. The second-order valence-electron chi connectivity index (χ2n) is 6.27. The summed E-state index contributed by atoms with van der Waals surface area (Å²) in [5.41, 5.74) is 1.73. The maximum absolute atomic E-state index is 11.9. The Morgan fingerprint density at radius 3 is 1.64 bits per heavy atom. The maximum atomic E-state index is 11.9. The van der Waals surface area contributed by atoms with Crippen molar-refractivity contribution >= 4 is 11.9 Å². The Bertz CT molecular complexity index is 671. The van der Waals surface area contributed by atoms with Crippen molar-refractivity contribution in [2.45, 2.75) is 32.3 Å². The largest absolute Gasteiger partial charge is 0.497 e. The molecule has 0 heterocycles. The fourth-order valence-electron chi connectivity index (χ4n) is 2.53. The van der Waals surface area contributed by atoms with E-state index in [0.29, 0.717) is 30.1 Å². The second-order valence-corrected chi connectivity index (χ2v) is 6.27. The van der Waals surface area contributed by atoms with Crippen LogP contribution in [0.25, 0.3) is 0 Å². The summed E-state index contributed by atoms with van der Waals surface area (Å²) in [5, 5.41) is 8.99. The van der Waals surface area contributed by atoms with Crippen LogP contribution in [0.3, 0.4) is 0 Å². The molecule has 150 valence electrons. The van der Waals surface area contributed by atoms with Gasteiger partial charge in [0.15, 0.2) is 0 Å². The normalized spacial score (nSPS) is 10.4. The first-order chi connectivity index (χ1) is 13.6. The third-order valence-corrected chi connectivity index (χ3v) is 4.20. The lowest BCUT2D eigenvalue weighted by atomic mass is 10.1. The molecule has 0 radical (unpaired) electrons. The van der Waals surface area contributed by atoms with Crippen molar-refractivity contribution in [2.24, 2.45) is 0 Å². The van der Waals surface area contributed by atoms with Gasteiger partial charge < -0.3 is 19.3 Å². The van der Waals surface area contributed by atoms with E-state index in [1.807, 2.05) is 0 Å². The van der Waals surface area contributed by atoms with Gasteiger partial charge >= 0.3 is 11.9 Å². The number of aliphatic hydroxyl groups is 1. The van der Waals surface area contributed by atoms with E-state index in [0.717, 1.165) is 31.2 Å². The topological polar surface area (TPSA) is 82.1 Å². The third-order valence-electron chi connectivity index (χ3n) is 4.20. The Kier molecular flexibility index (Phi) is 9.01. The number of unbranched alkanes of at least 4 members (excludes halogenated alkanes) is 3. The molecule has 2 aromatic carbocycles. The van der Waals surface area contributed by atoms with Crippen LogP contribution < -0.4 is 4.74 Å². The molecule has 0 aliphatic rings. The molecule has 6 nitrogen and oxygen atoms in total. The summed E-state index contributed by atoms with van der Waals surface area (Å²) in [4.78, 5) is 23.8. The van der Waals surface area contributed by atoms with Gasteiger partial charge in [0.2, 0.25) is 0 Å². The van der Waals surface area contributed by atoms with Crippen LogP contribution in [0.15, 0.2) is 48.5 Å². The van der Waals surface area contributed by atoms with E-state index in [4.69, 9.17) is 19.3 Å². The average molecular weight is 386 g/mol. The summed E-state index contributed by atoms with van der Waals surface area (Å²) in [7, 11) is 1.57. The van der Waals surface area contributed by atoms with Crippen LogP contribution in [0.1, 0.15) is 52.0 Å². The SMILES string of the molecule is COc1ccc(C(=O)OCCCCCCOC(=O)c2ccc(CO)cc2)cc1. The predicted octanol–water partition coefficient (Wildman–Crippen LogP) is 3.76. The van der Waals surface area contributed by atoms with Crippen LogP contribution in [-0.4, -0.2) is 37.4 Å². The van der Waals surface area contributed by atoms with Crippen molar-refractivity contribution in [2.75, 3.05) is 20.3 Å². The summed E-state index contributed by atoms with van der Waals surface area (Å²) in [6, 6.07) is 13.5. The quantitative estimate of drug-likeness (QED) is 0.468. The van der Waals surface area contributed by atoms with E-state index in [2.05, 4.69) is 0 Å². The van der Waals surface area contributed by atoms with E-state index >= 15 is 0 Å². The van der Waals surface area contributed by atoms with Crippen molar-refractivity contribution in [3.8, 4) is 5.75 Å². The number of carbonyl (C=O) groups excluding carboxylic acids is 2. The number of hydrogen-bond acceptors (Lipinski definition) is 6. The Labute approximate surface area is 165 Å². The van der Waals surface area contributed by atoms with Gasteiger partial charge in [0, 0.05) is 0 Å². The van der Waals surface area contributed by atoms with Gasteiger partial charge in [-0.25, -0.2) is 9.59 Å². The van der Waals surface area contributed by atoms with Crippen molar-refractivity contribution in [3.05, 3.63) is 65.2 Å². The fourth-order valence-corrected chi connectivity index (χ4v) is 2.53. The Morgan fingerprint density at radius 2 is 1.21 bits per heavy atom. The van der Waals surface area contributed by atoms with Gasteiger partial charge in [0.25, 0.3) is 0 Å². The van der Waals surface area contributed by atoms with Crippen LogP contribution >= 0.6 is 0 Å². The molecule has 1 N–H and O–H groups in total. The highest BCUT2D eigenvalue weighted by Gasteiger charge is 2.08. The highest BCUT2D eigenvalue weighted by Crippen LogP contribution is 2.12. The van der Waals surface area contributed by atoms with Gasteiger partial charge in [-0.1, -0.05) is 12.1 Å². The molecule has 0 aliphatic carbocycles. The summed E-state index contributed by atoms with van der Waals surface area (Å²) < 4.78 is 15.5. The standard InChI is InChI=1S/C22H26O6/c1-26-20-12-10-19(11-13-20)22(25)28-15-5-3-2-4-14-27-21(24)18-8-6-17(16-23)7-9-18/h6-13,23H,2-5,14-16H2,1H3. The molecule has 2 rings (SSSR count). The molecule has 28 heavy (non-hydrogen) atoms. The molecular formula is C22H26O6. The van der Waals surface area contributed by atoms with E-state index < -0.39 is 0 Å². The first-order valence-electron chi connectivity index (χ1n) is 9.32. The van der Waals surface area contributed by atoms with Gasteiger partial charge in [-0.15, -0.1) is 0 Å². The number of aliphatic hydroxyl groups excluding tert-OH is 1. The van der Waals surface area contributed by atoms with Crippen molar-refractivity contribution in [3.63, 3.8) is 0 Å². The molecular weight excluding hydrogens is 360 g/mol. The van der Waals surface area contributed by atoms with Gasteiger partial charge in [-0.05, 0) is 67.6 Å². The van der Waals surface area contributed by atoms with Gasteiger partial charge in [-0.2, -0.15) is 0 Å². The minimum Gasteiger partial charge on any atom is -0.497 e. The smallest absolute Gasteiger partial charge is 0.338 e. The highest BCUT2D eigenvalue weighted by molar-refractivity contribution is 5.89. The number of esters is 2. The molecule has 0 atom stereocenters. The number of rotatable bonds is 11. The monoisotopic (exact) mass is 386 g/mol. The molecule has 0 spiro atoms. The molecule has 0 saturated carbocycles. The van der Waals surface area contributed by atoms with Crippen molar-refractivity contribution in [1.82, 2.24) is 0 Å². The first kappa shape index (κ1) is 21.4. The van der Waals surface area contributed by atoms with E-state index in [1.54, 1.807) is 55.6 Å². The maximum Gasteiger partial charge on any atom is 0.338 e. The molecule has 2 aromatic rings. The summed E-state index contributed by atoms with van der Waals surface area (Å²) in [6.07, 6.45) is 3.29. The summed E-state index contributed by atoms with van der Waals surface area (Å²) in [6.45, 7) is 0.665. The first-order valence-corrected chi connectivity index (χ1v) is 9.32. The number of hydrogen-bond donors (Lipinski definition) is 1. The molecule has 0 fully saturated rings. The third kappa shape index (κ3) is 7.04. The average Bonchev–Trinajstić information content (AvgIpc) is 2.75. The van der Waals surface area contributed by atoms with Crippen LogP contribution in [0.2, 0.25) is 0 Å². The Hall–Kier alpha value is -2.86. The zero-order valence-electron chi connectivity index (χ0n) is 16.1. The molecule has 0 unspecified atom stereocenters. The molecule has 0 saturated heterocycles. The Morgan fingerprint density at radius 1 is 0.750 bits per heavy atom. The van der Waals surface area contributed by atoms with Crippen LogP contribution in [-0.2, 0) is 16.1 Å². The van der Waals surface area contributed by atoms with Gasteiger partial charge in [0.1, 0.15) is 5.75 Å². The van der Waals surface area contributed by atoms with E-state index in [1.165, 1.54) is 0 Å². The lowest BCUT2D eigenvalue weighted by Gasteiger charge is -2.07. The number of benzene rings is 2. The molecule has 0 amide bonds. The minimum atomic E-state index is -0.363. The second kappa shape index (κ2) is 11.8.